The van der Waals surface area contributed by atoms with Gasteiger partial charge in [-0.05, 0) is 56.3 Å². The Hall–Kier alpha value is -2.65. The molecule has 35 heavy (non-hydrogen) atoms. The van der Waals surface area contributed by atoms with E-state index >= 15 is 0 Å². The lowest BCUT2D eigenvalue weighted by molar-refractivity contribution is -0.151. The third kappa shape index (κ3) is 5.95. The van der Waals surface area contributed by atoms with Gasteiger partial charge in [-0.1, -0.05) is 40.5 Å². The summed E-state index contributed by atoms with van der Waals surface area (Å²) in [4.78, 5) is 64.6. The van der Waals surface area contributed by atoms with E-state index < -0.39 is 53.4 Å². The number of nitrogens with zero attached hydrogens (tertiary/aromatic N) is 1. The lowest BCUT2D eigenvalue weighted by Gasteiger charge is -2.35. The minimum atomic E-state index is -1.58. The highest BCUT2D eigenvalue weighted by Gasteiger charge is 2.69. The number of carbonyl (C=O) groups is 5. The highest BCUT2D eigenvalue weighted by Crippen LogP contribution is 2.65. The van der Waals surface area contributed by atoms with Gasteiger partial charge in [-0.15, -0.1) is 0 Å². The number of rotatable bonds is 9. The molecule has 3 amide bonds. The summed E-state index contributed by atoms with van der Waals surface area (Å²) in [5, 5.41) is 14.5. The van der Waals surface area contributed by atoms with E-state index in [9.17, 15) is 29.1 Å². The summed E-state index contributed by atoms with van der Waals surface area (Å²) in [6, 6.07) is -2.86. The lowest BCUT2D eigenvalue weighted by atomic mass is 9.96. The maximum absolute atomic E-state index is 13.6. The summed E-state index contributed by atoms with van der Waals surface area (Å²) in [5.74, 6) is -3.58. The molecular weight excluding hydrogens is 454 g/mol. The molecule has 196 valence electrons. The molecule has 1 heterocycles. The number of aliphatic carboxylic acids is 1. The van der Waals surface area contributed by atoms with E-state index in [-0.39, 0.29) is 35.5 Å². The Bertz CT molecular complexity index is 903. The minimum absolute atomic E-state index is 0.105. The van der Waals surface area contributed by atoms with Crippen molar-refractivity contribution in [2.75, 3.05) is 6.54 Å². The van der Waals surface area contributed by atoms with Crippen molar-refractivity contribution in [1.82, 2.24) is 15.5 Å². The van der Waals surface area contributed by atoms with Gasteiger partial charge in [0.1, 0.15) is 17.7 Å². The second-order valence-corrected chi connectivity index (χ2v) is 12.2. The van der Waals surface area contributed by atoms with Gasteiger partial charge in [0.05, 0.1) is 6.04 Å². The van der Waals surface area contributed by atoms with Gasteiger partial charge >= 0.3 is 12.1 Å². The number of ether oxygens (including phenoxy) is 1. The molecule has 2 saturated carbocycles. The van der Waals surface area contributed by atoms with Crippen molar-refractivity contribution in [2.24, 2.45) is 29.1 Å². The van der Waals surface area contributed by atoms with E-state index in [4.69, 9.17) is 4.74 Å². The average molecular weight is 494 g/mol. The molecular formula is C25H39N3O7. The summed E-state index contributed by atoms with van der Waals surface area (Å²) < 4.78 is 5.32. The Labute approximate surface area is 206 Å². The fraction of sp³-hybridized carbons (Fsp3) is 0.800. The van der Waals surface area contributed by atoms with Gasteiger partial charge in [0.2, 0.25) is 11.8 Å². The number of carboxylic acids is 1. The van der Waals surface area contributed by atoms with E-state index in [0.717, 1.165) is 12.8 Å². The Morgan fingerprint density at radius 1 is 1.09 bits per heavy atom. The van der Waals surface area contributed by atoms with Crippen molar-refractivity contribution < 1.29 is 33.8 Å². The van der Waals surface area contributed by atoms with Crippen LogP contribution in [-0.2, 0) is 23.9 Å². The van der Waals surface area contributed by atoms with Crippen LogP contribution in [0, 0.1) is 29.1 Å². The van der Waals surface area contributed by atoms with Crippen molar-refractivity contribution in [3.8, 4) is 0 Å². The van der Waals surface area contributed by atoms with Crippen LogP contribution in [0.15, 0.2) is 0 Å². The summed E-state index contributed by atoms with van der Waals surface area (Å²) in [6.45, 7) is 13.2. The molecule has 0 aromatic heterocycles. The molecule has 1 saturated heterocycles. The number of carbonyl (C=O) groups excluding carboxylic acids is 4. The second kappa shape index (κ2) is 9.43. The molecule has 0 spiro atoms. The van der Waals surface area contributed by atoms with Crippen molar-refractivity contribution in [2.45, 2.75) is 91.5 Å². The third-order valence-electron chi connectivity index (χ3n) is 7.47. The summed E-state index contributed by atoms with van der Waals surface area (Å²) in [7, 11) is 0. The van der Waals surface area contributed by atoms with Crippen LogP contribution < -0.4 is 10.6 Å². The number of piperidine rings is 1. The number of nitrogens with one attached hydrogen (secondary N) is 2. The quantitative estimate of drug-likeness (QED) is 0.417. The van der Waals surface area contributed by atoms with Crippen LogP contribution >= 0.6 is 0 Å². The van der Waals surface area contributed by atoms with E-state index in [1.807, 2.05) is 13.8 Å². The van der Waals surface area contributed by atoms with Crippen molar-refractivity contribution >= 4 is 29.7 Å². The number of Topliss-reactive ketones (excluding diaryl/α,β-unsaturated/α-hetero) is 1. The van der Waals surface area contributed by atoms with Crippen LogP contribution in [0.2, 0.25) is 0 Å². The number of hydrogen-bond acceptors (Lipinski definition) is 6. The summed E-state index contributed by atoms with van der Waals surface area (Å²) >= 11 is 0. The molecule has 5 unspecified atom stereocenters. The molecule has 10 heteroatoms. The van der Waals surface area contributed by atoms with Gasteiger partial charge in [0.15, 0.2) is 0 Å². The van der Waals surface area contributed by atoms with Gasteiger partial charge in [0, 0.05) is 6.54 Å². The SMILES string of the molecule is CC(C)C(NC(=O)OC(C)(C)C)C(=O)N1CC2C(C1C(=O)NC(CC1CC1)C(=O)C(=O)O)C2(C)C. The molecule has 3 N–H and O–H groups in total. The molecule has 0 aromatic rings. The molecule has 3 rings (SSSR count). The first-order valence-electron chi connectivity index (χ1n) is 12.4. The van der Waals surface area contributed by atoms with Crippen LogP contribution in [-0.4, -0.2) is 69.9 Å². The van der Waals surface area contributed by atoms with E-state index in [2.05, 4.69) is 10.6 Å². The first-order chi connectivity index (χ1) is 16.0. The number of alkyl carbamates (subject to hydrolysis) is 1. The fourth-order valence-corrected chi connectivity index (χ4v) is 5.26. The van der Waals surface area contributed by atoms with Gasteiger partial charge in [0.25, 0.3) is 5.78 Å². The molecule has 3 fully saturated rings. The maximum Gasteiger partial charge on any atom is 0.408 e. The van der Waals surface area contributed by atoms with Crippen LogP contribution in [0.4, 0.5) is 4.79 Å². The highest BCUT2D eigenvalue weighted by atomic mass is 16.6. The molecule has 5 atom stereocenters. The highest BCUT2D eigenvalue weighted by molar-refractivity contribution is 6.35. The normalized spacial score (nSPS) is 26.4. The number of ketones is 1. The largest absolute Gasteiger partial charge is 0.475 e. The van der Waals surface area contributed by atoms with Crippen molar-refractivity contribution in [3.63, 3.8) is 0 Å². The molecule has 1 aliphatic heterocycles. The Kier molecular flexibility index (Phi) is 7.26. The van der Waals surface area contributed by atoms with Crippen molar-refractivity contribution in [1.29, 1.82) is 0 Å². The van der Waals surface area contributed by atoms with Crippen molar-refractivity contribution in [3.05, 3.63) is 0 Å². The standard InChI is InChI=1S/C25H39N3O7/c1-12(2)17(27-23(34)35-24(3,4)5)21(31)28-11-14-16(25(14,6)7)18(28)20(30)26-15(10-13-8-9-13)19(29)22(32)33/h12-18H,8-11H2,1-7H3,(H,26,30)(H,27,34)(H,32,33). The molecule has 0 bridgehead atoms. The number of carboxylic acid groups (broad SMARTS) is 1. The fourth-order valence-electron chi connectivity index (χ4n) is 5.26. The summed E-state index contributed by atoms with van der Waals surface area (Å²) in [5.41, 5.74) is -0.892. The van der Waals surface area contributed by atoms with Gasteiger partial charge in [-0.3, -0.25) is 14.4 Å². The predicted octanol–water partition coefficient (Wildman–Crippen LogP) is 1.96. The third-order valence-corrected chi connectivity index (χ3v) is 7.47. The summed E-state index contributed by atoms with van der Waals surface area (Å²) in [6.07, 6.45) is 1.37. The lowest BCUT2D eigenvalue weighted by Crippen LogP contribution is -2.59. The average Bonchev–Trinajstić information content (AvgIpc) is 3.56. The number of fused-ring (bicyclic) bond motifs is 1. The predicted molar refractivity (Wildman–Crippen MR) is 126 cm³/mol. The number of hydrogen-bond donors (Lipinski definition) is 3. The van der Waals surface area contributed by atoms with E-state index in [0.29, 0.717) is 6.54 Å². The first-order valence-corrected chi connectivity index (χ1v) is 12.4. The van der Waals surface area contributed by atoms with Gasteiger partial charge in [-0.2, -0.15) is 0 Å². The first kappa shape index (κ1) is 26.9. The maximum atomic E-state index is 13.6. The smallest absolute Gasteiger partial charge is 0.408 e. The van der Waals surface area contributed by atoms with Crippen LogP contribution in [0.3, 0.4) is 0 Å². The zero-order valence-electron chi connectivity index (χ0n) is 21.7. The number of likely N-dealkylation sites (tertiary alicyclic amines) is 1. The molecule has 0 radical (unpaired) electrons. The van der Waals surface area contributed by atoms with Gasteiger partial charge in [-0.25, -0.2) is 9.59 Å². The van der Waals surface area contributed by atoms with E-state index in [1.165, 1.54) is 4.90 Å². The topological polar surface area (TPSA) is 142 Å². The minimum Gasteiger partial charge on any atom is -0.475 e. The Balaban J connectivity index is 1.79. The molecule has 2 aliphatic carbocycles. The zero-order valence-corrected chi connectivity index (χ0v) is 21.7. The van der Waals surface area contributed by atoms with Crippen LogP contribution in [0.1, 0.15) is 67.7 Å². The zero-order chi connectivity index (χ0) is 26.5. The van der Waals surface area contributed by atoms with Gasteiger partial charge < -0.3 is 25.4 Å². The Morgan fingerprint density at radius 2 is 1.69 bits per heavy atom. The monoisotopic (exact) mass is 493 g/mol. The van der Waals surface area contributed by atoms with Crippen LogP contribution in [0.25, 0.3) is 0 Å². The van der Waals surface area contributed by atoms with E-state index in [1.54, 1.807) is 34.6 Å². The Morgan fingerprint density at radius 3 is 2.17 bits per heavy atom. The second-order valence-electron chi connectivity index (χ2n) is 12.2. The molecule has 3 aliphatic rings. The molecule has 0 aromatic carbocycles. The number of amides is 3. The molecule has 10 nitrogen and oxygen atoms in total. The van der Waals surface area contributed by atoms with Crippen LogP contribution in [0.5, 0.6) is 0 Å².